The monoisotopic (exact) mass is 350 g/mol. The Labute approximate surface area is 130 Å². The SMILES string of the molecule is CCOC(=O)CNC(O)(Oc1cccc([N+](=O)[O-])c1)P(=O)(O)O. The van der Waals surface area contributed by atoms with E-state index in [1.807, 2.05) is 5.32 Å². The van der Waals surface area contributed by atoms with Gasteiger partial charge in [-0.1, -0.05) is 6.07 Å². The number of ether oxygens (including phenoxy) is 2. The van der Waals surface area contributed by atoms with Crippen LogP contribution >= 0.6 is 7.60 Å². The lowest BCUT2D eigenvalue weighted by molar-refractivity contribution is -0.385. The van der Waals surface area contributed by atoms with E-state index in [0.29, 0.717) is 0 Å². The average molecular weight is 350 g/mol. The first-order chi connectivity index (χ1) is 10.6. The molecule has 0 aromatic heterocycles. The lowest BCUT2D eigenvalue weighted by atomic mass is 10.3. The molecule has 1 aromatic carbocycles. The first kappa shape index (κ1) is 19.0. The van der Waals surface area contributed by atoms with Gasteiger partial charge in [0.2, 0.25) is 0 Å². The Morgan fingerprint density at radius 2 is 2.13 bits per heavy atom. The van der Waals surface area contributed by atoms with Crippen molar-refractivity contribution in [1.29, 1.82) is 0 Å². The zero-order chi connectivity index (χ0) is 17.7. The molecule has 0 bridgehead atoms. The van der Waals surface area contributed by atoms with Crippen LogP contribution in [-0.2, 0) is 14.1 Å². The van der Waals surface area contributed by atoms with E-state index >= 15 is 0 Å². The predicted molar refractivity (Wildman–Crippen MR) is 75.4 cm³/mol. The van der Waals surface area contributed by atoms with E-state index in [4.69, 9.17) is 4.74 Å². The Bertz CT molecular complexity index is 632. The van der Waals surface area contributed by atoms with Crippen LogP contribution in [0.25, 0.3) is 0 Å². The summed E-state index contributed by atoms with van der Waals surface area (Å²) >= 11 is 0. The van der Waals surface area contributed by atoms with Gasteiger partial charge in [0.1, 0.15) is 12.3 Å². The van der Waals surface area contributed by atoms with Crippen molar-refractivity contribution in [1.82, 2.24) is 5.32 Å². The number of benzene rings is 1. The van der Waals surface area contributed by atoms with Crippen molar-refractivity contribution >= 4 is 19.3 Å². The second-order valence-corrected chi connectivity index (χ2v) is 5.86. The number of rotatable bonds is 8. The molecular formula is C11H15N2O9P. The van der Waals surface area contributed by atoms with E-state index in [2.05, 4.69) is 4.74 Å². The van der Waals surface area contributed by atoms with Crippen LogP contribution in [0.1, 0.15) is 6.92 Å². The molecule has 0 amide bonds. The number of carbonyl (C=O) groups excluding carboxylic acids is 1. The zero-order valence-electron chi connectivity index (χ0n) is 11.9. The summed E-state index contributed by atoms with van der Waals surface area (Å²) in [5.74, 6) is -1.27. The molecule has 0 heterocycles. The highest BCUT2D eigenvalue weighted by Gasteiger charge is 2.49. The standard InChI is InChI=1S/C11H15N2O9P/c1-2-21-10(14)7-12-11(15,23(18,19)20)22-9-5-3-4-8(6-9)13(16)17/h3-6,12,15H,2,7H2,1H3,(H2,18,19,20). The average Bonchev–Trinajstić information content (AvgIpc) is 2.44. The van der Waals surface area contributed by atoms with Crippen molar-refractivity contribution in [3.05, 3.63) is 34.4 Å². The maximum atomic E-state index is 11.4. The first-order valence-electron chi connectivity index (χ1n) is 6.21. The number of nitrogens with one attached hydrogen (secondary N) is 1. The van der Waals surface area contributed by atoms with Gasteiger partial charge in [-0.3, -0.25) is 19.5 Å². The fraction of sp³-hybridized carbons (Fsp3) is 0.364. The molecule has 1 atom stereocenters. The summed E-state index contributed by atoms with van der Waals surface area (Å²) in [7, 11) is -5.32. The molecule has 0 aliphatic carbocycles. The Hall–Kier alpha value is -2.04. The number of non-ortho nitro benzene ring substituents is 1. The molecule has 12 heteroatoms. The van der Waals surface area contributed by atoms with Crippen LogP contribution < -0.4 is 10.1 Å². The lowest BCUT2D eigenvalue weighted by Crippen LogP contribution is -2.52. The van der Waals surface area contributed by atoms with Gasteiger partial charge in [-0.25, -0.2) is 5.32 Å². The van der Waals surface area contributed by atoms with E-state index in [1.54, 1.807) is 0 Å². The minimum absolute atomic E-state index is 0.0284. The summed E-state index contributed by atoms with van der Waals surface area (Å²) in [6.07, 6.45) is 0. The Morgan fingerprint density at radius 1 is 1.48 bits per heavy atom. The highest BCUT2D eigenvalue weighted by atomic mass is 31.2. The summed E-state index contributed by atoms with van der Waals surface area (Å²) < 4.78 is 20.7. The van der Waals surface area contributed by atoms with Crippen LogP contribution in [0.5, 0.6) is 5.75 Å². The second-order valence-electron chi connectivity index (χ2n) is 4.17. The number of nitrogens with zero attached hydrogens (tertiary/aromatic N) is 1. The van der Waals surface area contributed by atoms with Gasteiger partial charge in [0.15, 0.2) is 0 Å². The van der Waals surface area contributed by atoms with Gasteiger partial charge in [-0.05, 0) is 13.0 Å². The topological polar surface area (TPSA) is 168 Å². The minimum atomic E-state index is -5.32. The molecule has 128 valence electrons. The molecule has 1 aromatic rings. The van der Waals surface area contributed by atoms with Crippen LogP contribution in [0.2, 0.25) is 0 Å². The number of hydrogen-bond donors (Lipinski definition) is 4. The van der Waals surface area contributed by atoms with E-state index in [9.17, 15) is 34.4 Å². The summed E-state index contributed by atoms with van der Waals surface area (Å²) in [6, 6.07) is 4.31. The van der Waals surface area contributed by atoms with Crippen molar-refractivity contribution in [2.75, 3.05) is 13.2 Å². The van der Waals surface area contributed by atoms with Gasteiger partial charge in [-0.2, -0.15) is 0 Å². The van der Waals surface area contributed by atoms with Gasteiger partial charge in [0.05, 0.1) is 17.6 Å². The molecule has 0 fully saturated rings. The van der Waals surface area contributed by atoms with Gasteiger partial charge in [0, 0.05) is 6.07 Å². The van der Waals surface area contributed by atoms with Crippen molar-refractivity contribution in [3.63, 3.8) is 0 Å². The van der Waals surface area contributed by atoms with Crippen molar-refractivity contribution in [2.24, 2.45) is 0 Å². The summed E-state index contributed by atoms with van der Waals surface area (Å²) in [5, 5.41) is 22.5. The molecule has 0 radical (unpaired) electrons. The Morgan fingerprint density at radius 3 is 2.65 bits per heavy atom. The molecule has 11 nitrogen and oxygen atoms in total. The minimum Gasteiger partial charge on any atom is -0.465 e. The quantitative estimate of drug-likeness (QED) is 0.163. The lowest BCUT2D eigenvalue weighted by Gasteiger charge is -2.29. The predicted octanol–water partition coefficient (Wildman–Crippen LogP) is -0.0924. The van der Waals surface area contributed by atoms with Gasteiger partial charge in [0.25, 0.3) is 5.69 Å². The van der Waals surface area contributed by atoms with Crippen molar-refractivity contribution in [2.45, 2.75) is 12.6 Å². The highest BCUT2D eigenvalue weighted by molar-refractivity contribution is 7.53. The largest absolute Gasteiger partial charge is 0.465 e. The number of esters is 1. The number of aliphatic hydroxyl groups is 1. The molecule has 0 spiro atoms. The maximum Gasteiger partial charge on any atom is 0.414 e. The molecule has 4 N–H and O–H groups in total. The van der Waals surface area contributed by atoms with E-state index in [0.717, 1.165) is 18.2 Å². The van der Waals surface area contributed by atoms with Crippen molar-refractivity contribution < 1.29 is 38.6 Å². The van der Waals surface area contributed by atoms with Crippen LogP contribution in [0, 0.1) is 10.1 Å². The first-order valence-corrected chi connectivity index (χ1v) is 7.82. The van der Waals surface area contributed by atoms with Crippen LogP contribution in [0.15, 0.2) is 24.3 Å². The molecule has 1 unspecified atom stereocenters. The molecule has 1 rings (SSSR count). The molecule has 0 aliphatic rings. The summed E-state index contributed by atoms with van der Waals surface area (Å²) in [5.41, 5.74) is -3.67. The number of hydrogen-bond acceptors (Lipinski definition) is 8. The second kappa shape index (κ2) is 7.49. The van der Waals surface area contributed by atoms with E-state index < -0.39 is 36.4 Å². The number of nitro groups is 1. The van der Waals surface area contributed by atoms with Crippen LogP contribution in [0.4, 0.5) is 5.69 Å². The van der Waals surface area contributed by atoms with Gasteiger partial charge >= 0.3 is 19.2 Å². The van der Waals surface area contributed by atoms with E-state index in [1.165, 1.54) is 13.0 Å². The Balaban J connectivity index is 2.99. The number of nitro benzene ring substituents is 1. The fourth-order valence-electron chi connectivity index (χ4n) is 1.42. The molecular weight excluding hydrogens is 335 g/mol. The van der Waals surface area contributed by atoms with Gasteiger partial charge in [-0.15, -0.1) is 0 Å². The zero-order valence-corrected chi connectivity index (χ0v) is 12.8. The summed E-state index contributed by atoms with van der Waals surface area (Å²) in [4.78, 5) is 39.5. The van der Waals surface area contributed by atoms with E-state index in [-0.39, 0.29) is 12.4 Å². The van der Waals surface area contributed by atoms with Crippen molar-refractivity contribution in [3.8, 4) is 5.75 Å². The maximum absolute atomic E-state index is 11.4. The number of carbonyl (C=O) groups is 1. The highest BCUT2D eigenvalue weighted by Crippen LogP contribution is 2.47. The van der Waals surface area contributed by atoms with Crippen LogP contribution in [-0.4, -0.2) is 44.6 Å². The molecule has 0 saturated carbocycles. The third-order valence-electron chi connectivity index (χ3n) is 2.45. The Kier molecular flexibility index (Phi) is 6.19. The third-order valence-corrected chi connectivity index (χ3v) is 3.49. The normalized spacial score (nSPS) is 13.9. The third kappa shape index (κ3) is 5.27. The molecule has 23 heavy (non-hydrogen) atoms. The fourth-order valence-corrected chi connectivity index (χ4v) is 1.93. The molecule has 0 saturated heterocycles. The smallest absolute Gasteiger partial charge is 0.414 e. The summed E-state index contributed by atoms with van der Waals surface area (Å²) in [6.45, 7) is 0.789. The van der Waals surface area contributed by atoms with Gasteiger partial charge < -0.3 is 24.4 Å². The van der Waals surface area contributed by atoms with Crippen LogP contribution in [0.3, 0.4) is 0 Å². The molecule has 0 aliphatic heterocycles.